The highest BCUT2D eigenvalue weighted by atomic mass is 16.5. The fourth-order valence-corrected chi connectivity index (χ4v) is 2.02. The number of aromatic nitrogens is 3. The highest BCUT2D eigenvalue weighted by Gasteiger charge is 2.16. The number of nitrogens with one attached hydrogen (secondary N) is 1. The third kappa shape index (κ3) is 3.28. The molecule has 1 amide bonds. The number of nitrogens with zero attached hydrogens (tertiary/aromatic N) is 3. The molecule has 0 fully saturated rings. The van der Waals surface area contributed by atoms with Gasteiger partial charge in [-0.05, 0) is 30.7 Å². The first-order valence-corrected chi connectivity index (χ1v) is 7.32. The fraction of sp³-hybridized carbons (Fsp3) is 0.250. The molecule has 2 aromatic heterocycles. The number of anilines is 1. The summed E-state index contributed by atoms with van der Waals surface area (Å²) in [7, 11) is 0. The van der Waals surface area contributed by atoms with E-state index < -0.39 is 0 Å². The standard InChI is InChI=1S/C16H16N4O3/c1-3-10(2)13-8-14(23-20-13)15(21)18-12-6-4-11(5-7-12)16-19-17-9-22-16/h4-10H,3H2,1-2H3,(H,18,21). The van der Waals surface area contributed by atoms with E-state index in [0.29, 0.717) is 11.6 Å². The molecule has 0 aliphatic rings. The zero-order chi connectivity index (χ0) is 16.2. The van der Waals surface area contributed by atoms with Crippen LogP contribution in [-0.4, -0.2) is 21.3 Å². The Hall–Kier alpha value is -2.96. The van der Waals surface area contributed by atoms with Crippen LogP contribution in [0.4, 0.5) is 5.69 Å². The van der Waals surface area contributed by atoms with E-state index in [1.165, 1.54) is 6.39 Å². The molecule has 2 heterocycles. The Kier molecular flexibility index (Phi) is 4.18. The SMILES string of the molecule is CCC(C)c1cc(C(=O)Nc2ccc(-c3nnco3)cc2)on1. The van der Waals surface area contributed by atoms with Crippen molar-refractivity contribution in [3.05, 3.63) is 48.2 Å². The molecule has 0 radical (unpaired) electrons. The molecule has 23 heavy (non-hydrogen) atoms. The van der Waals surface area contributed by atoms with E-state index in [-0.39, 0.29) is 17.6 Å². The van der Waals surface area contributed by atoms with E-state index in [1.807, 2.05) is 6.92 Å². The molecule has 118 valence electrons. The molecule has 1 atom stereocenters. The van der Waals surface area contributed by atoms with Crippen molar-refractivity contribution in [2.45, 2.75) is 26.2 Å². The van der Waals surface area contributed by atoms with Crippen molar-refractivity contribution in [2.75, 3.05) is 5.32 Å². The number of rotatable bonds is 5. The maximum atomic E-state index is 12.2. The number of carbonyl (C=O) groups excluding carboxylic acids is 1. The third-order valence-corrected chi connectivity index (χ3v) is 3.62. The fourth-order valence-electron chi connectivity index (χ4n) is 2.02. The first-order chi connectivity index (χ1) is 11.2. The summed E-state index contributed by atoms with van der Waals surface area (Å²) in [6.45, 7) is 4.10. The van der Waals surface area contributed by atoms with Crippen molar-refractivity contribution in [1.82, 2.24) is 15.4 Å². The lowest BCUT2D eigenvalue weighted by atomic mass is 10.1. The minimum Gasteiger partial charge on any atom is -0.423 e. The van der Waals surface area contributed by atoms with Gasteiger partial charge in [0.25, 0.3) is 5.91 Å². The van der Waals surface area contributed by atoms with Crippen LogP contribution in [0, 0.1) is 0 Å². The molecule has 1 aromatic carbocycles. The second kappa shape index (κ2) is 6.43. The van der Waals surface area contributed by atoms with Crippen LogP contribution in [0.15, 0.2) is 45.7 Å². The molecule has 0 saturated heterocycles. The number of hydrogen-bond acceptors (Lipinski definition) is 6. The van der Waals surface area contributed by atoms with Gasteiger partial charge in [-0.2, -0.15) is 0 Å². The van der Waals surface area contributed by atoms with Gasteiger partial charge < -0.3 is 14.3 Å². The molecule has 0 bridgehead atoms. The minimum absolute atomic E-state index is 0.196. The van der Waals surface area contributed by atoms with Gasteiger partial charge in [0, 0.05) is 23.2 Å². The molecule has 7 heteroatoms. The van der Waals surface area contributed by atoms with Gasteiger partial charge in [-0.25, -0.2) is 0 Å². The maximum Gasteiger partial charge on any atom is 0.294 e. The van der Waals surface area contributed by atoms with E-state index in [0.717, 1.165) is 17.7 Å². The highest BCUT2D eigenvalue weighted by molar-refractivity contribution is 6.02. The summed E-state index contributed by atoms with van der Waals surface area (Å²) >= 11 is 0. The molecule has 3 rings (SSSR count). The second-order valence-electron chi connectivity index (χ2n) is 5.20. The van der Waals surface area contributed by atoms with Gasteiger partial charge in [-0.1, -0.05) is 19.0 Å². The van der Waals surface area contributed by atoms with E-state index in [9.17, 15) is 4.79 Å². The molecule has 3 aromatic rings. The lowest BCUT2D eigenvalue weighted by molar-refractivity contribution is 0.0988. The predicted octanol–water partition coefficient (Wildman–Crippen LogP) is 3.49. The van der Waals surface area contributed by atoms with Gasteiger partial charge in [0.15, 0.2) is 0 Å². The number of hydrogen-bond donors (Lipinski definition) is 1. The Morgan fingerprint density at radius 2 is 2.09 bits per heavy atom. The van der Waals surface area contributed by atoms with E-state index in [2.05, 4.69) is 27.6 Å². The van der Waals surface area contributed by atoms with Crippen LogP contribution in [0.2, 0.25) is 0 Å². The predicted molar refractivity (Wildman–Crippen MR) is 82.9 cm³/mol. The largest absolute Gasteiger partial charge is 0.423 e. The Morgan fingerprint density at radius 3 is 2.74 bits per heavy atom. The smallest absolute Gasteiger partial charge is 0.294 e. The summed E-state index contributed by atoms with van der Waals surface area (Å²) in [5.41, 5.74) is 2.20. The number of carbonyl (C=O) groups is 1. The van der Waals surface area contributed by atoms with Crippen molar-refractivity contribution < 1.29 is 13.7 Å². The van der Waals surface area contributed by atoms with E-state index in [1.54, 1.807) is 30.3 Å². The molecule has 0 spiro atoms. The van der Waals surface area contributed by atoms with Crippen LogP contribution in [0.1, 0.15) is 42.4 Å². The van der Waals surface area contributed by atoms with Crippen molar-refractivity contribution >= 4 is 11.6 Å². The van der Waals surface area contributed by atoms with Crippen molar-refractivity contribution in [2.24, 2.45) is 0 Å². The first kappa shape index (κ1) is 15.0. The first-order valence-electron chi connectivity index (χ1n) is 7.32. The lowest BCUT2D eigenvalue weighted by Crippen LogP contribution is -2.10. The van der Waals surface area contributed by atoms with E-state index in [4.69, 9.17) is 8.94 Å². The Morgan fingerprint density at radius 1 is 1.30 bits per heavy atom. The average Bonchev–Trinajstić information content (AvgIpc) is 3.26. The van der Waals surface area contributed by atoms with Crippen molar-refractivity contribution in [1.29, 1.82) is 0 Å². The Labute approximate surface area is 132 Å². The summed E-state index contributed by atoms with van der Waals surface area (Å²) in [5.74, 6) is 0.546. The highest BCUT2D eigenvalue weighted by Crippen LogP contribution is 2.21. The molecule has 1 unspecified atom stereocenters. The topological polar surface area (TPSA) is 94.1 Å². The van der Waals surface area contributed by atoms with Crippen LogP contribution < -0.4 is 5.32 Å². The van der Waals surface area contributed by atoms with Gasteiger partial charge in [0.1, 0.15) is 0 Å². The van der Waals surface area contributed by atoms with Crippen LogP contribution in [0.3, 0.4) is 0 Å². The Balaban J connectivity index is 1.69. The molecule has 1 N–H and O–H groups in total. The number of amides is 1. The molecular weight excluding hydrogens is 296 g/mol. The number of benzene rings is 1. The minimum atomic E-state index is -0.336. The molecule has 7 nitrogen and oxygen atoms in total. The molecule has 0 aliphatic heterocycles. The van der Waals surface area contributed by atoms with E-state index >= 15 is 0 Å². The molecule has 0 saturated carbocycles. The van der Waals surface area contributed by atoms with Crippen molar-refractivity contribution in [3.8, 4) is 11.5 Å². The van der Waals surface area contributed by atoms with Crippen LogP contribution >= 0.6 is 0 Å². The zero-order valence-electron chi connectivity index (χ0n) is 12.8. The average molecular weight is 312 g/mol. The summed E-state index contributed by atoms with van der Waals surface area (Å²) in [6.07, 6.45) is 2.20. The quantitative estimate of drug-likeness (QED) is 0.775. The van der Waals surface area contributed by atoms with Gasteiger partial charge in [-0.15, -0.1) is 10.2 Å². The molecule has 0 aliphatic carbocycles. The summed E-state index contributed by atoms with van der Waals surface area (Å²) in [5, 5.41) is 14.1. The summed E-state index contributed by atoms with van der Waals surface area (Å²) in [6, 6.07) is 8.76. The van der Waals surface area contributed by atoms with Gasteiger partial charge in [0.05, 0.1) is 5.69 Å². The van der Waals surface area contributed by atoms with Crippen LogP contribution in [0.25, 0.3) is 11.5 Å². The van der Waals surface area contributed by atoms with Crippen molar-refractivity contribution in [3.63, 3.8) is 0 Å². The summed E-state index contributed by atoms with van der Waals surface area (Å²) in [4.78, 5) is 12.2. The molecular formula is C16H16N4O3. The summed E-state index contributed by atoms with van der Waals surface area (Å²) < 4.78 is 10.2. The normalized spacial score (nSPS) is 12.1. The zero-order valence-corrected chi connectivity index (χ0v) is 12.8. The van der Waals surface area contributed by atoms with Crippen LogP contribution in [0.5, 0.6) is 0 Å². The Bertz CT molecular complexity index is 778. The van der Waals surface area contributed by atoms with Gasteiger partial charge in [-0.3, -0.25) is 4.79 Å². The van der Waals surface area contributed by atoms with Crippen LogP contribution in [-0.2, 0) is 0 Å². The second-order valence-corrected chi connectivity index (χ2v) is 5.20. The monoisotopic (exact) mass is 312 g/mol. The third-order valence-electron chi connectivity index (χ3n) is 3.62. The maximum absolute atomic E-state index is 12.2. The van der Waals surface area contributed by atoms with Gasteiger partial charge in [0.2, 0.25) is 18.0 Å². The van der Waals surface area contributed by atoms with Gasteiger partial charge >= 0.3 is 0 Å². The lowest BCUT2D eigenvalue weighted by Gasteiger charge is -2.03.